The van der Waals surface area contributed by atoms with Gasteiger partial charge in [0.25, 0.3) is 0 Å². The number of nitrogens with zero attached hydrogens (tertiary/aromatic N) is 4. The van der Waals surface area contributed by atoms with Gasteiger partial charge in [-0.3, -0.25) is 10.2 Å². The molecule has 0 saturated carbocycles. The molecule has 0 aliphatic carbocycles. The number of piperidine rings is 1. The average Bonchev–Trinajstić information content (AvgIpc) is 3.11. The van der Waals surface area contributed by atoms with Crippen LogP contribution in [0.1, 0.15) is 30.5 Å². The Balaban J connectivity index is 1.39. The van der Waals surface area contributed by atoms with Crippen LogP contribution in [0.4, 0.5) is 20.7 Å². The van der Waals surface area contributed by atoms with Gasteiger partial charge in [-0.2, -0.15) is 4.68 Å². The maximum Gasteiger partial charge on any atom is 0.324 e. The van der Waals surface area contributed by atoms with Crippen molar-refractivity contribution in [3.63, 3.8) is 0 Å². The van der Waals surface area contributed by atoms with Crippen LogP contribution in [0, 0.1) is 12.7 Å². The number of carbonyl (C=O) groups is 1. The van der Waals surface area contributed by atoms with Crippen LogP contribution in [-0.4, -0.2) is 39.0 Å². The molecule has 1 aliphatic heterocycles. The number of aromatic nitrogens is 3. The first-order valence-electron chi connectivity index (χ1n) is 10.2. The third-order valence-corrected chi connectivity index (χ3v) is 5.21. The second kappa shape index (κ2) is 9.04. The van der Waals surface area contributed by atoms with Crippen molar-refractivity contribution in [1.82, 2.24) is 19.9 Å². The lowest BCUT2D eigenvalue weighted by atomic mass is 10.1. The summed E-state index contributed by atoms with van der Waals surface area (Å²) >= 11 is 0. The molecular weight excluding hydrogens is 383 g/mol. The molecule has 2 heterocycles. The van der Waals surface area contributed by atoms with E-state index in [0.29, 0.717) is 22.9 Å². The number of urea groups is 1. The van der Waals surface area contributed by atoms with Gasteiger partial charge in [0.1, 0.15) is 11.5 Å². The van der Waals surface area contributed by atoms with Crippen molar-refractivity contribution in [3.05, 3.63) is 65.6 Å². The van der Waals surface area contributed by atoms with E-state index in [9.17, 15) is 9.18 Å². The van der Waals surface area contributed by atoms with E-state index in [0.717, 1.165) is 19.6 Å². The van der Waals surface area contributed by atoms with Crippen molar-refractivity contribution < 1.29 is 9.18 Å². The number of benzene rings is 2. The summed E-state index contributed by atoms with van der Waals surface area (Å²) in [6.45, 7) is 4.99. The van der Waals surface area contributed by atoms with E-state index >= 15 is 0 Å². The minimum absolute atomic E-state index is 0.341. The number of likely N-dealkylation sites (tertiary alicyclic amines) is 1. The summed E-state index contributed by atoms with van der Waals surface area (Å²) < 4.78 is 14.7. The Bertz CT molecular complexity index is 993. The van der Waals surface area contributed by atoms with E-state index in [-0.39, 0.29) is 5.82 Å². The van der Waals surface area contributed by atoms with Crippen LogP contribution in [0.3, 0.4) is 0 Å². The molecule has 4 rings (SSSR count). The van der Waals surface area contributed by atoms with Crippen molar-refractivity contribution in [1.29, 1.82) is 0 Å². The first-order valence-corrected chi connectivity index (χ1v) is 10.2. The van der Waals surface area contributed by atoms with Crippen molar-refractivity contribution in [2.75, 3.05) is 23.7 Å². The van der Waals surface area contributed by atoms with Gasteiger partial charge in [0.15, 0.2) is 5.82 Å². The normalized spacial score (nSPS) is 14.5. The van der Waals surface area contributed by atoms with Crippen LogP contribution in [0.5, 0.6) is 0 Å². The average molecular weight is 408 g/mol. The van der Waals surface area contributed by atoms with Crippen molar-refractivity contribution in [2.24, 2.45) is 0 Å². The number of hydrogen-bond acceptors (Lipinski definition) is 4. The van der Waals surface area contributed by atoms with Gasteiger partial charge in [-0.05, 0) is 74.8 Å². The zero-order valence-corrected chi connectivity index (χ0v) is 16.9. The zero-order valence-electron chi connectivity index (χ0n) is 16.9. The molecule has 2 N–H and O–H groups in total. The molecule has 1 aromatic heterocycles. The SMILES string of the molecule is Cc1nnn(-c2ccc(F)cc2)c1NC(=O)Nc1ccc(CN2CCCCC2)cc1. The Morgan fingerprint density at radius 1 is 1.00 bits per heavy atom. The summed E-state index contributed by atoms with van der Waals surface area (Å²) in [7, 11) is 0. The van der Waals surface area contributed by atoms with Gasteiger partial charge in [-0.1, -0.05) is 23.8 Å². The molecule has 0 atom stereocenters. The molecule has 0 spiro atoms. The molecular formula is C22H25FN6O. The molecule has 1 aliphatic rings. The number of aryl methyl sites for hydroxylation is 1. The standard InChI is InChI=1S/C22H25FN6O/c1-16-21(29(27-26-16)20-11-7-18(23)8-12-20)25-22(30)24-19-9-5-17(6-10-19)15-28-13-3-2-4-14-28/h5-12H,2-4,13-15H2,1H3,(H2,24,25,30). The van der Waals surface area contributed by atoms with Crippen LogP contribution in [-0.2, 0) is 6.54 Å². The number of hydrogen-bond donors (Lipinski definition) is 2. The zero-order chi connectivity index (χ0) is 20.9. The number of anilines is 2. The molecule has 1 saturated heterocycles. The largest absolute Gasteiger partial charge is 0.324 e. The fourth-order valence-corrected chi connectivity index (χ4v) is 3.60. The Morgan fingerprint density at radius 3 is 2.40 bits per heavy atom. The summed E-state index contributed by atoms with van der Waals surface area (Å²) in [6, 6.07) is 13.3. The van der Waals surface area contributed by atoms with Gasteiger partial charge in [-0.25, -0.2) is 9.18 Å². The molecule has 0 radical (unpaired) electrons. The maximum absolute atomic E-state index is 13.2. The van der Waals surface area contributed by atoms with Gasteiger partial charge in [0.05, 0.1) is 5.69 Å². The molecule has 0 unspecified atom stereocenters. The summed E-state index contributed by atoms with van der Waals surface area (Å²) in [4.78, 5) is 15.0. The van der Waals surface area contributed by atoms with E-state index in [1.807, 2.05) is 24.3 Å². The van der Waals surface area contributed by atoms with Crippen molar-refractivity contribution in [2.45, 2.75) is 32.7 Å². The van der Waals surface area contributed by atoms with Crippen LogP contribution >= 0.6 is 0 Å². The van der Waals surface area contributed by atoms with Gasteiger partial charge in [0.2, 0.25) is 0 Å². The second-order valence-electron chi connectivity index (χ2n) is 7.52. The van der Waals surface area contributed by atoms with Crippen LogP contribution < -0.4 is 10.6 Å². The Morgan fingerprint density at radius 2 is 1.70 bits per heavy atom. The maximum atomic E-state index is 13.2. The van der Waals surface area contributed by atoms with E-state index in [1.165, 1.54) is 41.6 Å². The Kier molecular flexibility index (Phi) is 6.04. The number of amides is 2. The number of nitrogens with one attached hydrogen (secondary N) is 2. The molecule has 156 valence electrons. The lowest BCUT2D eigenvalue weighted by Crippen LogP contribution is -2.29. The highest BCUT2D eigenvalue weighted by molar-refractivity contribution is 5.99. The molecule has 2 amide bonds. The minimum atomic E-state index is -0.396. The van der Waals surface area contributed by atoms with Crippen LogP contribution in [0.2, 0.25) is 0 Å². The monoisotopic (exact) mass is 408 g/mol. The van der Waals surface area contributed by atoms with Crippen LogP contribution in [0.25, 0.3) is 5.69 Å². The third-order valence-electron chi connectivity index (χ3n) is 5.21. The first kappa shape index (κ1) is 20.0. The quantitative estimate of drug-likeness (QED) is 0.658. The molecule has 7 nitrogen and oxygen atoms in total. The van der Waals surface area contributed by atoms with E-state index in [2.05, 4.69) is 25.8 Å². The lowest BCUT2D eigenvalue weighted by molar-refractivity contribution is 0.221. The highest BCUT2D eigenvalue weighted by Crippen LogP contribution is 2.19. The number of carbonyl (C=O) groups excluding carboxylic acids is 1. The van der Waals surface area contributed by atoms with E-state index in [4.69, 9.17) is 0 Å². The Labute approximate surface area is 174 Å². The Hall–Kier alpha value is -3.26. The van der Waals surface area contributed by atoms with Gasteiger partial charge < -0.3 is 5.32 Å². The smallest absolute Gasteiger partial charge is 0.308 e. The van der Waals surface area contributed by atoms with Gasteiger partial charge in [0, 0.05) is 12.2 Å². The molecule has 2 aromatic carbocycles. The second-order valence-corrected chi connectivity index (χ2v) is 7.52. The van der Waals surface area contributed by atoms with E-state index < -0.39 is 6.03 Å². The fourth-order valence-electron chi connectivity index (χ4n) is 3.60. The third kappa shape index (κ3) is 4.83. The molecule has 30 heavy (non-hydrogen) atoms. The fraction of sp³-hybridized carbons (Fsp3) is 0.318. The molecule has 0 bridgehead atoms. The summed E-state index contributed by atoms with van der Waals surface area (Å²) in [5.41, 5.74) is 3.10. The molecule has 8 heteroatoms. The number of halogens is 1. The highest BCUT2D eigenvalue weighted by Gasteiger charge is 2.15. The van der Waals surface area contributed by atoms with Gasteiger partial charge >= 0.3 is 6.03 Å². The first-order chi connectivity index (χ1) is 14.6. The van der Waals surface area contributed by atoms with E-state index in [1.54, 1.807) is 19.1 Å². The predicted molar refractivity (Wildman–Crippen MR) is 114 cm³/mol. The number of rotatable bonds is 5. The highest BCUT2D eigenvalue weighted by atomic mass is 19.1. The lowest BCUT2D eigenvalue weighted by Gasteiger charge is -2.26. The summed E-state index contributed by atoms with van der Waals surface area (Å²) in [5.74, 6) is 0.0902. The molecule has 1 fully saturated rings. The predicted octanol–water partition coefficient (Wildman–Crippen LogP) is 4.34. The van der Waals surface area contributed by atoms with Crippen molar-refractivity contribution >= 4 is 17.5 Å². The van der Waals surface area contributed by atoms with Gasteiger partial charge in [-0.15, -0.1) is 5.10 Å². The molecule has 3 aromatic rings. The van der Waals surface area contributed by atoms with Crippen molar-refractivity contribution in [3.8, 4) is 5.69 Å². The summed E-state index contributed by atoms with van der Waals surface area (Å²) in [6.07, 6.45) is 3.86. The topological polar surface area (TPSA) is 75.1 Å². The minimum Gasteiger partial charge on any atom is -0.308 e. The summed E-state index contributed by atoms with van der Waals surface area (Å²) in [5, 5.41) is 13.7. The van der Waals surface area contributed by atoms with Crippen LogP contribution in [0.15, 0.2) is 48.5 Å².